The molecule has 29 heavy (non-hydrogen) atoms. The Morgan fingerprint density at radius 2 is 1.66 bits per heavy atom. The van der Waals surface area contributed by atoms with Crippen LogP contribution in [0.1, 0.15) is 21.5 Å². The highest BCUT2D eigenvalue weighted by Gasteiger charge is 2.34. The minimum atomic E-state index is -4.53. The molecule has 2 aromatic carbocycles. The largest absolute Gasteiger partial charge is 0.418 e. The molecule has 2 aromatic rings. The Labute approximate surface area is 167 Å². The maximum absolute atomic E-state index is 13.0. The van der Waals surface area contributed by atoms with Crippen molar-refractivity contribution in [2.24, 2.45) is 0 Å². The van der Waals surface area contributed by atoms with Crippen LogP contribution in [0, 0.1) is 6.92 Å². The van der Waals surface area contributed by atoms with Crippen molar-refractivity contribution in [1.82, 2.24) is 4.90 Å². The van der Waals surface area contributed by atoms with Crippen molar-refractivity contribution in [2.45, 2.75) is 13.1 Å². The molecule has 0 saturated carbocycles. The predicted molar refractivity (Wildman–Crippen MR) is 103 cm³/mol. The summed E-state index contributed by atoms with van der Waals surface area (Å²) >= 11 is 0. The van der Waals surface area contributed by atoms with Gasteiger partial charge in [-0.25, -0.2) is 0 Å². The van der Waals surface area contributed by atoms with Gasteiger partial charge in [-0.05, 0) is 31.2 Å². The number of carbonyl (C=O) groups excluding carboxylic acids is 2. The van der Waals surface area contributed by atoms with Gasteiger partial charge in [0.1, 0.15) is 0 Å². The maximum atomic E-state index is 13.0. The molecule has 3 rings (SSSR count). The van der Waals surface area contributed by atoms with Gasteiger partial charge < -0.3 is 15.1 Å². The topological polar surface area (TPSA) is 53.9 Å². The summed E-state index contributed by atoms with van der Waals surface area (Å²) in [7, 11) is 0. The van der Waals surface area contributed by atoms with E-state index >= 15 is 0 Å². The molecular weight excluding hydrogens is 383 g/mol. The molecule has 1 saturated heterocycles. The molecule has 0 unspecified atom stereocenters. The third-order valence-electron chi connectivity index (χ3n) is 4.97. The average molecular weight is 406 g/mol. The monoisotopic (exact) mass is 406 g/mol. The highest BCUT2D eigenvalue weighted by atomic mass is 19.4. The van der Waals surface area contributed by atoms with Crippen LogP contribution in [-0.4, -0.2) is 49.4 Å². The summed E-state index contributed by atoms with van der Waals surface area (Å²) in [4.78, 5) is 27.5. The molecule has 0 aliphatic carbocycles. The molecule has 2 amide bonds. The lowest BCUT2D eigenvalue weighted by Gasteiger charge is -2.32. The van der Waals surface area contributed by atoms with Gasteiger partial charge in [-0.1, -0.05) is 29.8 Å². The molecule has 0 aromatic heterocycles. The van der Waals surface area contributed by atoms with E-state index in [2.05, 4.69) is 5.32 Å². The second kappa shape index (κ2) is 8.65. The predicted octanol–water partition coefficient (Wildman–Crippen LogP) is 1.99. The number of hydrogen-bond donors (Lipinski definition) is 2. The standard InChI is InChI=1S/C21H22F3N3O2/c1-15-6-8-16(9-7-15)20(29)27-12-10-26(11-13-27)14-19(28)25-18-5-3-2-4-17(18)21(22,23)24/h2-9H,10-14H2,1H3,(H,25,28)/p+1. The minimum Gasteiger partial charge on any atom is -0.327 e. The summed E-state index contributed by atoms with van der Waals surface area (Å²) in [5.41, 5.74) is 0.601. The van der Waals surface area contributed by atoms with Gasteiger partial charge in [0.25, 0.3) is 11.8 Å². The van der Waals surface area contributed by atoms with Crippen LogP contribution in [0.4, 0.5) is 18.9 Å². The van der Waals surface area contributed by atoms with Crippen molar-refractivity contribution in [3.8, 4) is 0 Å². The number of halogens is 3. The lowest BCUT2D eigenvalue weighted by Crippen LogP contribution is -3.15. The average Bonchev–Trinajstić information content (AvgIpc) is 2.68. The number of nitrogens with zero attached hydrogens (tertiary/aromatic N) is 1. The highest BCUT2D eigenvalue weighted by Crippen LogP contribution is 2.34. The van der Waals surface area contributed by atoms with E-state index in [0.717, 1.165) is 16.5 Å². The van der Waals surface area contributed by atoms with Crippen LogP contribution in [0.3, 0.4) is 0 Å². The number of hydrogen-bond acceptors (Lipinski definition) is 2. The van der Waals surface area contributed by atoms with Gasteiger partial charge in [0.05, 0.1) is 37.4 Å². The lowest BCUT2D eigenvalue weighted by atomic mass is 10.1. The third-order valence-corrected chi connectivity index (χ3v) is 4.97. The maximum Gasteiger partial charge on any atom is 0.418 e. The highest BCUT2D eigenvalue weighted by molar-refractivity contribution is 5.94. The minimum absolute atomic E-state index is 0.0485. The van der Waals surface area contributed by atoms with E-state index in [4.69, 9.17) is 0 Å². The molecule has 0 spiro atoms. The summed E-state index contributed by atoms with van der Waals surface area (Å²) in [5, 5.41) is 2.37. The Balaban J connectivity index is 1.53. The second-order valence-corrected chi connectivity index (χ2v) is 7.18. The normalized spacial score (nSPS) is 15.2. The number of carbonyl (C=O) groups is 2. The van der Waals surface area contributed by atoms with Crippen LogP contribution in [0.15, 0.2) is 48.5 Å². The van der Waals surface area contributed by atoms with E-state index in [0.29, 0.717) is 31.7 Å². The number of nitrogens with one attached hydrogen (secondary N) is 2. The smallest absolute Gasteiger partial charge is 0.327 e. The van der Waals surface area contributed by atoms with Gasteiger partial charge in [-0.15, -0.1) is 0 Å². The Bertz CT molecular complexity index is 873. The molecule has 1 aliphatic heterocycles. The van der Waals surface area contributed by atoms with E-state index in [1.165, 1.54) is 18.2 Å². The molecule has 1 heterocycles. The molecule has 154 valence electrons. The van der Waals surface area contributed by atoms with Gasteiger partial charge in [-0.3, -0.25) is 9.59 Å². The van der Waals surface area contributed by atoms with Gasteiger partial charge in [0, 0.05) is 5.56 Å². The van der Waals surface area contributed by atoms with Crippen molar-refractivity contribution in [3.05, 3.63) is 65.2 Å². The number of alkyl halides is 3. The number of anilines is 1. The number of para-hydroxylation sites is 1. The Hall–Kier alpha value is -2.87. The first-order valence-electron chi connectivity index (χ1n) is 9.39. The van der Waals surface area contributed by atoms with E-state index in [9.17, 15) is 22.8 Å². The van der Waals surface area contributed by atoms with E-state index in [1.54, 1.807) is 17.0 Å². The molecule has 2 N–H and O–H groups in total. The second-order valence-electron chi connectivity index (χ2n) is 7.18. The fraction of sp³-hybridized carbons (Fsp3) is 0.333. The summed E-state index contributed by atoms with van der Waals surface area (Å²) < 4.78 is 39.1. The number of piperazine rings is 1. The van der Waals surface area contributed by atoms with Gasteiger partial charge in [0.15, 0.2) is 6.54 Å². The molecule has 1 aliphatic rings. The zero-order valence-corrected chi connectivity index (χ0v) is 16.1. The number of rotatable bonds is 4. The fourth-order valence-electron chi connectivity index (χ4n) is 3.34. The molecule has 0 radical (unpaired) electrons. The van der Waals surface area contributed by atoms with E-state index in [-0.39, 0.29) is 18.1 Å². The van der Waals surface area contributed by atoms with Crippen molar-refractivity contribution < 1.29 is 27.7 Å². The van der Waals surface area contributed by atoms with Gasteiger partial charge >= 0.3 is 6.18 Å². The van der Waals surface area contributed by atoms with Crippen molar-refractivity contribution in [2.75, 3.05) is 38.0 Å². The molecule has 1 fully saturated rings. The van der Waals surface area contributed by atoms with Crippen LogP contribution in [0.2, 0.25) is 0 Å². The summed E-state index contributed by atoms with van der Waals surface area (Å²) in [6.45, 7) is 4.12. The van der Waals surface area contributed by atoms with Crippen LogP contribution in [-0.2, 0) is 11.0 Å². The molecule has 0 atom stereocenters. The van der Waals surface area contributed by atoms with E-state index < -0.39 is 17.6 Å². The van der Waals surface area contributed by atoms with Crippen molar-refractivity contribution >= 4 is 17.5 Å². The lowest BCUT2D eigenvalue weighted by molar-refractivity contribution is -0.895. The summed E-state index contributed by atoms with van der Waals surface area (Å²) in [6.07, 6.45) is -4.53. The molecular formula is C21H23F3N3O2+. The van der Waals surface area contributed by atoms with Crippen LogP contribution < -0.4 is 10.2 Å². The molecule has 8 heteroatoms. The zero-order chi connectivity index (χ0) is 21.0. The Kier molecular flexibility index (Phi) is 6.22. The Morgan fingerprint density at radius 1 is 1.03 bits per heavy atom. The van der Waals surface area contributed by atoms with Crippen LogP contribution in [0.25, 0.3) is 0 Å². The summed E-state index contributed by atoms with van der Waals surface area (Å²) in [6, 6.07) is 12.3. The van der Waals surface area contributed by atoms with Crippen molar-refractivity contribution in [1.29, 1.82) is 0 Å². The summed E-state index contributed by atoms with van der Waals surface area (Å²) in [5.74, 6) is -0.525. The first-order valence-corrected chi connectivity index (χ1v) is 9.39. The first kappa shape index (κ1) is 20.9. The number of benzene rings is 2. The van der Waals surface area contributed by atoms with E-state index in [1.807, 2.05) is 19.1 Å². The molecule has 0 bridgehead atoms. The van der Waals surface area contributed by atoms with Crippen LogP contribution in [0.5, 0.6) is 0 Å². The van der Waals surface area contributed by atoms with Crippen LogP contribution >= 0.6 is 0 Å². The Morgan fingerprint density at radius 3 is 2.28 bits per heavy atom. The first-order chi connectivity index (χ1) is 13.7. The quantitative estimate of drug-likeness (QED) is 0.816. The fourth-order valence-corrected chi connectivity index (χ4v) is 3.34. The number of amides is 2. The van der Waals surface area contributed by atoms with Gasteiger partial charge in [0.2, 0.25) is 0 Å². The number of quaternary nitrogens is 1. The van der Waals surface area contributed by atoms with Gasteiger partial charge in [-0.2, -0.15) is 13.2 Å². The third kappa shape index (κ3) is 5.35. The van der Waals surface area contributed by atoms with Crippen molar-refractivity contribution in [3.63, 3.8) is 0 Å². The SMILES string of the molecule is Cc1ccc(C(=O)N2CC[NH+](CC(=O)Nc3ccccc3C(F)(F)F)CC2)cc1. The number of aryl methyl sites for hydroxylation is 1. The zero-order valence-electron chi connectivity index (χ0n) is 16.1. The molecule has 5 nitrogen and oxygen atoms in total.